The van der Waals surface area contributed by atoms with Gasteiger partial charge in [0.05, 0.1) is 16.1 Å². The molecule has 0 aromatic heterocycles. The summed E-state index contributed by atoms with van der Waals surface area (Å²) in [4.78, 5) is 0. The summed E-state index contributed by atoms with van der Waals surface area (Å²) in [6.07, 6.45) is 1.73. The summed E-state index contributed by atoms with van der Waals surface area (Å²) in [6.45, 7) is 0. The minimum atomic E-state index is 0.161. The summed E-state index contributed by atoms with van der Waals surface area (Å²) in [5, 5.41) is 19.2. The average molecular weight is 335 g/mol. The summed E-state index contributed by atoms with van der Waals surface area (Å²) < 4.78 is 0.581. The molecule has 0 saturated carbocycles. The third-order valence-corrected chi connectivity index (χ3v) is 3.53. The van der Waals surface area contributed by atoms with E-state index in [2.05, 4.69) is 22.0 Å². The molecule has 94 valence electrons. The number of nitriles is 1. The molecule has 2 aromatic rings. The first-order valence-electron chi connectivity index (χ1n) is 5.47. The number of allylic oxidation sites excluding steroid dienone is 1. The lowest BCUT2D eigenvalue weighted by Gasteiger charge is -2.03. The number of hydrogen-bond acceptors (Lipinski definition) is 2. The van der Waals surface area contributed by atoms with Crippen molar-refractivity contribution in [3.05, 3.63) is 63.1 Å². The van der Waals surface area contributed by atoms with E-state index in [9.17, 15) is 10.4 Å². The molecule has 0 spiro atoms. The van der Waals surface area contributed by atoms with Crippen LogP contribution in [-0.2, 0) is 0 Å². The number of hydrogen-bond donors (Lipinski definition) is 1. The van der Waals surface area contributed by atoms with Crippen molar-refractivity contribution in [2.75, 3.05) is 0 Å². The van der Waals surface area contributed by atoms with Gasteiger partial charge in [0.2, 0.25) is 0 Å². The van der Waals surface area contributed by atoms with Crippen LogP contribution < -0.4 is 0 Å². The summed E-state index contributed by atoms with van der Waals surface area (Å²) >= 11 is 9.32. The molecule has 2 rings (SSSR count). The quantitative estimate of drug-likeness (QED) is 0.629. The van der Waals surface area contributed by atoms with Crippen LogP contribution in [0.1, 0.15) is 11.1 Å². The highest BCUT2D eigenvalue weighted by Crippen LogP contribution is 2.28. The molecule has 4 heteroatoms. The maximum atomic E-state index is 9.44. The molecule has 0 aliphatic rings. The molecule has 19 heavy (non-hydrogen) atoms. The first-order valence-corrected chi connectivity index (χ1v) is 6.64. The molecular formula is C15H9BrClNO. The first kappa shape index (κ1) is 13.7. The van der Waals surface area contributed by atoms with Gasteiger partial charge in [-0.1, -0.05) is 35.9 Å². The molecule has 0 aliphatic carbocycles. The minimum absolute atomic E-state index is 0.161. The molecule has 0 radical (unpaired) electrons. The van der Waals surface area contributed by atoms with Crippen LogP contribution in [0, 0.1) is 11.3 Å². The van der Waals surface area contributed by atoms with Crippen molar-refractivity contribution < 1.29 is 5.11 Å². The Labute approximate surface area is 124 Å². The number of rotatable bonds is 2. The number of phenols is 1. The van der Waals surface area contributed by atoms with Crippen LogP contribution in [0.5, 0.6) is 5.75 Å². The number of halogens is 2. The third-order valence-electron chi connectivity index (χ3n) is 2.57. The fraction of sp³-hybridized carbons (Fsp3) is 0. The summed E-state index contributed by atoms with van der Waals surface area (Å²) in [7, 11) is 0. The van der Waals surface area contributed by atoms with Gasteiger partial charge in [-0.05, 0) is 45.8 Å². The summed E-state index contributed by atoms with van der Waals surface area (Å²) in [6, 6.07) is 14.4. The topological polar surface area (TPSA) is 44.0 Å². The second kappa shape index (κ2) is 5.92. The van der Waals surface area contributed by atoms with Gasteiger partial charge in [-0.25, -0.2) is 0 Å². The predicted molar refractivity (Wildman–Crippen MR) is 80.7 cm³/mol. The molecule has 1 N–H and O–H groups in total. The van der Waals surface area contributed by atoms with Gasteiger partial charge >= 0.3 is 0 Å². The van der Waals surface area contributed by atoms with Crippen LogP contribution >= 0.6 is 27.5 Å². The number of benzene rings is 2. The van der Waals surface area contributed by atoms with Gasteiger partial charge in [0.15, 0.2) is 0 Å². The van der Waals surface area contributed by atoms with Gasteiger partial charge in [0, 0.05) is 10.6 Å². The molecule has 0 bridgehead atoms. The Bertz CT molecular complexity index is 689. The second-order valence-electron chi connectivity index (χ2n) is 3.86. The van der Waals surface area contributed by atoms with Gasteiger partial charge in [-0.2, -0.15) is 5.26 Å². The SMILES string of the molecule is N#CC(=Cc1ccc(O)c(Br)c1)c1ccccc1Cl. The van der Waals surface area contributed by atoms with Crippen LogP contribution in [0.3, 0.4) is 0 Å². The maximum absolute atomic E-state index is 9.44. The van der Waals surface area contributed by atoms with E-state index in [0.717, 1.165) is 5.56 Å². The van der Waals surface area contributed by atoms with E-state index in [0.29, 0.717) is 20.6 Å². The Morgan fingerprint density at radius 2 is 2.00 bits per heavy atom. The van der Waals surface area contributed by atoms with Gasteiger partial charge in [-0.15, -0.1) is 0 Å². The lowest BCUT2D eigenvalue weighted by molar-refractivity contribution is 0.472. The van der Waals surface area contributed by atoms with Crippen LogP contribution in [0.15, 0.2) is 46.9 Å². The third kappa shape index (κ3) is 3.17. The average Bonchev–Trinajstić information content (AvgIpc) is 2.41. The lowest BCUT2D eigenvalue weighted by Crippen LogP contribution is -1.84. The van der Waals surface area contributed by atoms with Crippen LogP contribution in [0.25, 0.3) is 11.6 Å². The standard InChI is InChI=1S/C15H9BrClNO/c16-13-8-10(5-6-15(13)19)7-11(9-18)12-3-1-2-4-14(12)17/h1-8,19H. The van der Waals surface area contributed by atoms with E-state index < -0.39 is 0 Å². The van der Waals surface area contributed by atoms with Crippen molar-refractivity contribution >= 4 is 39.2 Å². The molecule has 0 amide bonds. The molecule has 2 nitrogen and oxygen atoms in total. The Balaban J connectivity index is 2.48. The zero-order valence-corrected chi connectivity index (χ0v) is 12.1. The van der Waals surface area contributed by atoms with Crippen molar-refractivity contribution in [3.63, 3.8) is 0 Å². The van der Waals surface area contributed by atoms with Gasteiger partial charge < -0.3 is 5.11 Å². The number of aromatic hydroxyl groups is 1. The molecule has 0 atom stereocenters. The van der Waals surface area contributed by atoms with Gasteiger partial charge in [-0.3, -0.25) is 0 Å². The van der Waals surface area contributed by atoms with Crippen molar-refractivity contribution in [3.8, 4) is 11.8 Å². The zero-order valence-electron chi connectivity index (χ0n) is 9.77. The first-order chi connectivity index (χ1) is 9.11. The highest BCUT2D eigenvalue weighted by molar-refractivity contribution is 9.10. The summed E-state index contributed by atoms with van der Waals surface area (Å²) in [5.74, 6) is 0.161. The molecular weight excluding hydrogens is 326 g/mol. The Hall–Kier alpha value is -1.76. The van der Waals surface area contributed by atoms with Gasteiger partial charge in [0.25, 0.3) is 0 Å². The predicted octanol–water partition coefficient (Wildman–Crippen LogP) is 4.87. The molecule has 0 unspecified atom stereocenters. The zero-order chi connectivity index (χ0) is 13.8. The normalized spacial score (nSPS) is 11.1. The fourth-order valence-corrected chi connectivity index (χ4v) is 2.26. The van der Waals surface area contributed by atoms with E-state index in [4.69, 9.17) is 11.6 Å². The maximum Gasteiger partial charge on any atom is 0.129 e. The fourth-order valence-electron chi connectivity index (χ4n) is 1.63. The molecule has 0 fully saturated rings. The van der Waals surface area contributed by atoms with E-state index in [1.165, 1.54) is 0 Å². The highest BCUT2D eigenvalue weighted by Gasteiger charge is 2.06. The Kier molecular flexibility index (Phi) is 4.26. The lowest BCUT2D eigenvalue weighted by atomic mass is 10.0. The van der Waals surface area contributed by atoms with Crippen molar-refractivity contribution in [1.82, 2.24) is 0 Å². The highest BCUT2D eigenvalue weighted by atomic mass is 79.9. The van der Waals surface area contributed by atoms with Crippen molar-refractivity contribution in [2.45, 2.75) is 0 Å². The van der Waals surface area contributed by atoms with Crippen molar-refractivity contribution in [2.24, 2.45) is 0 Å². The largest absolute Gasteiger partial charge is 0.507 e. The monoisotopic (exact) mass is 333 g/mol. The van der Waals surface area contributed by atoms with Crippen LogP contribution in [0.4, 0.5) is 0 Å². The van der Waals surface area contributed by atoms with E-state index >= 15 is 0 Å². The number of nitrogens with zero attached hydrogens (tertiary/aromatic N) is 1. The number of phenolic OH excluding ortho intramolecular Hbond substituents is 1. The van der Waals surface area contributed by atoms with Crippen LogP contribution in [0.2, 0.25) is 5.02 Å². The van der Waals surface area contributed by atoms with Crippen molar-refractivity contribution in [1.29, 1.82) is 5.26 Å². The van der Waals surface area contributed by atoms with E-state index in [1.807, 2.05) is 12.1 Å². The Morgan fingerprint density at radius 3 is 2.63 bits per heavy atom. The molecule has 0 heterocycles. The smallest absolute Gasteiger partial charge is 0.129 e. The minimum Gasteiger partial charge on any atom is -0.507 e. The Morgan fingerprint density at radius 1 is 1.26 bits per heavy atom. The van der Waals surface area contributed by atoms with E-state index in [-0.39, 0.29) is 5.75 Å². The van der Waals surface area contributed by atoms with Crippen LogP contribution in [-0.4, -0.2) is 5.11 Å². The molecule has 0 saturated heterocycles. The van der Waals surface area contributed by atoms with E-state index in [1.54, 1.807) is 36.4 Å². The van der Waals surface area contributed by atoms with Gasteiger partial charge in [0.1, 0.15) is 5.75 Å². The molecule has 2 aromatic carbocycles. The second-order valence-corrected chi connectivity index (χ2v) is 5.12. The summed E-state index contributed by atoms with van der Waals surface area (Å²) in [5.41, 5.74) is 1.97. The molecule has 0 aliphatic heterocycles.